The van der Waals surface area contributed by atoms with Gasteiger partial charge in [0, 0.05) is 13.2 Å². The highest BCUT2D eigenvalue weighted by Gasteiger charge is 2.35. The van der Waals surface area contributed by atoms with Crippen LogP contribution in [0.15, 0.2) is 9.98 Å². The van der Waals surface area contributed by atoms with Gasteiger partial charge in [0.15, 0.2) is 0 Å². The van der Waals surface area contributed by atoms with Crippen molar-refractivity contribution in [1.82, 2.24) is 0 Å². The Bertz CT molecular complexity index is 294. The van der Waals surface area contributed by atoms with Crippen molar-refractivity contribution in [2.75, 3.05) is 26.3 Å². The van der Waals surface area contributed by atoms with Gasteiger partial charge in [0.1, 0.15) is 0 Å². The average molecular weight is 286 g/mol. The van der Waals surface area contributed by atoms with Gasteiger partial charge in [-0.25, -0.2) is 19.6 Å². The van der Waals surface area contributed by atoms with Crippen LogP contribution >= 0.6 is 0 Å². The molecule has 6 nitrogen and oxygen atoms in total. The van der Waals surface area contributed by atoms with E-state index >= 15 is 0 Å². The number of rotatable bonds is 12. The molecule has 0 N–H and O–H groups in total. The van der Waals surface area contributed by atoms with E-state index in [0.717, 1.165) is 24.9 Å². The van der Waals surface area contributed by atoms with Crippen LogP contribution in [-0.2, 0) is 18.4 Å². The summed E-state index contributed by atoms with van der Waals surface area (Å²) in [5.74, 6) is 0. The maximum absolute atomic E-state index is 10.0. The second-order valence-corrected chi connectivity index (χ2v) is 7.33. The summed E-state index contributed by atoms with van der Waals surface area (Å²) in [6.45, 7) is 5.97. The zero-order chi connectivity index (χ0) is 14.4. The van der Waals surface area contributed by atoms with Crippen molar-refractivity contribution in [2.45, 2.75) is 38.8 Å². The lowest BCUT2D eigenvalue weighted by molar-refractivity contribution is 0.181. The van der Waals surface area contributed by atoms with Gasteiger partial charge in [0.2, 0.25) is 12.2 Å². The molecule has 0 saturated heterocycles. The maximum atomic E-state index is 10.0. The first kappa shape index (κ1) is 17.9. The second kappa shape index (κ2) is 12.0. The highest BCUT2D eigenvalue weighted by atomic mass is 28.4. The summed E-state index contributed by atoms with van der Waals surface area (Å²) >= 11 is 0. The van der Waals surface area contributed by atoms with Gasteiger partial charge < -0.3 is 8.85 Å². The van der Waals surface area contributed by atoms with Crippen LogP contribution in [0.3, 0.4) is 0 Å². The van der Waals surface area contributed by atoms with Crippen molar-refractivity contribution in [2.24, 2.45) is 9.98 Å². The van der Waals surface area contributed by atoms with Gasteiger partial charge in [-0.1, -0.05) is 0 Å². The van der Waals surface area contributed by atoms with Gasteiger partial charge >= 0.3 is 8.56 Å². The van der Waals surface area contributed by atoms with Crippen LogP contribution in [0.2, 0.25) is 12.1 Å². The van der Waals surface area contributed by atoms with Gasteiger partial charge in [0.05, 0.1) is 13.1 Å². The van der Waals surface area contributed by atoms with Gasteiger partial charge in [0.25, 0.3) is 0 Å². The Hall–Kier alpha value is -1.10. The fraction of sp³-hybridized carbons (Fsp3) is 0.833. The molecule has 0 aliphatic rings. The first-order valence-electron chi connectivity index (χ1n) is 6.59. The van der Waals surface area contributed by atoms with Crippen molar-refractivity contribution < 1.29 is 18.4 Å². The average Bonchev–Trinajstić information content (AvgIpc) is 2.41. The molecule has 0 fully saturated rings. The van der Waals surface area contributed by atoms with E-state index in [9.17, 15) is 9.59 Å². The van der Waals surface area contributed by atoms with Crippen LogP contribution in [0, 0.1) is 0 Å². The Balaban J connectivity index is 4.45. The zero-order valence-corrected chi connectivity index (χ0v) is 12.7. The minimum absolute atomic E-state index is 0.449. The minimum Gasteiger partial charge on any atom is -0.394 e. The van der Waals surface area contributed by atoms with Crippen LogP contribution in [0.1, 0.15) is 26.7 Å². The number of hydrogen-bond acceptors (Lipinski definition) is 6. The van der Waals surface area contributed by atoms with E-state index in [4.69, 9.17) is 8.85 Å². The van der Waals surface area contributed by atoms with Crippen molar-refractivity contribution >= 4 is 20.7 Å². The summed E-state index contributed by atoms with van der Waals surface area (Å²) in [4.78, 5) is 27.1. The molecule has 0 atom stereocenters. The lowest BCUT2D eigenvalue weighted by atomic mass is 10.5. The van der Waals surface area contributed by atoms with E-state index in [-0.39, 0.29) is 0 Å². The molecular formula is C12H22N2O4Si. The molecule has 0 aromatic rings. The summed E-state index contributed by atoms with van der Waals surface area (Å²) in [5, 5.41) is 0. The molecule has 0 aromatic carbocycles. The summed E-state index contributed by atoms with van der Waals surface area (Å²) < 4.78 is 11.7. The fourth-order valence-electron chi connectivity index (χ4n) is 1.93. The van der Waals surface area contributed by atoms with Crippen LogP contribution in [0.5, 0.6) is 0 Å². The second-order valence-electron chi connectivity index (χ2n) is 3.93. The molecule has 0 amide bonds. The van der Waals surface area contributed by atoms with E-state index in [1.165, 1.54) is 12.2 Å². The lowest BCUT2D eigenvalue weighted by Crippen LogP contribution is -2.42. The third-order valence-corrected chi connectivity index (χ3v) is 6.46. The highest BCUT2D eigenvalue weighted by Crippen LogP contribution is 2.23. The van der Waals surface area contributed by atoms with Crippen LogP contribution in [0.25, 0.3) is 0 Å². The normalized spacial score (nSPS) is 10.6. The minimum atomic E-state index is -2.28. The summed E-state index contributed by atoms with van der Waals surface area (Å²) in [6.07, 6.45) is 4.55. The van der Waals surface area contributed by atoms with Crippen molar-refractivity contribution in [1.29, 1.82) is 0 Å². The molecule has 19 heavy (non-hydrogen) atoms. The molecule has 0 radical (unpaired) electrons. The molecule has 7 heteroatoms. The first-order valence-corrected chi connectivity index (χ1v) is 8.83. The summed E-state index contributed by atoms with van der Waals surface area (Å²) in [7, 11) is -2.28. The lowest BCUT2D eigenvalue weighted by Gasteiger charge is -2.29. The number of carbonyl (C=O) groups excluding carboxylic acids is 2. The Morgan fingerprint density at radius 3 is 1.63 bits per heavy atom. The molecule has 0 saturated carbocycles. The Morgan fingerprint density at radius 1 is 0.895 bits per heavy atom. The molecule has 0 bridgehead atoms. The summed E-state index contributed by atoms with van der Waals surface area (Å²) in [6, 6.07) is 1.56. The predicted molar refractivity (Wildman–Crippen MR) is 73.8 cm³/mol. The van der Waals surface area contributed by atoms with Crippen molar-refractivity contribution in [3.8, 4) is 0 Å². The summed E-state index contributed by atoms with van der Waals surface area (Å²) in [5.41, 5.74) is 0. The predicted octanol–water partition coefficient (Wildman–Crippen LogP) is 1.95. The molecule has 0 rings (SSSR count). The van der Waals surface area contributed by atoms with Crippen LogP contribution in [0.4, 0.5) is 0 Å². The van der Waals surface area contributed by atoms with Crippen LogP contribution in [-0.4, -0.2) is 47.0 Å². The molecule has 0 unspecified atom stereocenters. The largest absolute Gasteiger partial charge is 0.394 e. The van der Waals surface area contributed by atoms with E-state index in [1.807, 2.05) is 13.8 Å². The smallest absolute Gasteiger partial charge is 0.338 e. The van der Waals surface area contributed by atoms with Gasteiger partial charge in [-0.05, 0) is 38.8 Å². The molecule has 0 spiro atoms. The third-order valence-electron chi connectivity index (χ3n) is 2.60. The maximum Gasteiger partial charge on any atom is 0.338 e. The molecule has 0 aliphatic carbocycles. The van der Waals surface area contributed by atoms with E-state index in [1.54, 1.807) is 0 Å². The quantitative estimate of drug-likeness (QED) is 0.238. The molecule has 0 aromatic heterocycles. The van der Waals surface area contributed by atoms with Gasteiger partial charge in [-0.3, -0.25) is 0 Å². The number of isocyanates is 2. The molecule has 0 heterocycles. The van der Waals surface area contributed by atoms with E-state index < -0.39 is 8.56 Å². The van der Waals surface area contributed by atoms with Crippen molar-refractivity contribution in [3.05, 3.63) is 0 Å². The topological polar surface area (TPSA) is 77.3 Å². The number of nitrogens with zero attached hydrogens (tertiary/aromatic N) is 2. The fourth-order valence-corrected chi connectivity index (χ4v) is 5.28. The molecule has 108 valence electrons. The molecule has 0 aliphatic heterocycles. The number of aliphatic imine (C=N–C) groups is 2. The molecular weight excluding hydrogens is 264 g/mol. The van der Waals surface area contributed by atoms with Crippen LogP contribution < -0.4 is 0 Å². The number of hydrogen-bond donors (Lipinski definition) is 0. The highest BCUT2D eigenvalue weighted by molar-refractivity contribution is 6.67. The standard InChI is InChI=1S/C12H22N2O4Si/c1-3-17-19(18-4-2,9-5-7-13-11-15)10-6-8-14-12-16/h3-10H2,1-2H3. The van der Waals surface area contributed by atoms with Gasteiger partial charge in [-0.15, -0.1) is 0 Å². The van der Waals surface area contributed by atoms with Gasteiger partial charge in [-0.2, -0.15) is 0 Å². The first-order chi connectivity index (χ1) is 9.24. The van der Waals surface area contributed by atoms with Crippen molar-refractivity contribution in [3.63, 3.8) is 0 Å². The zero-order valence-electron chi connectivity index (χ0n) is 11.7. The third kappa shape index (κ3) is 8.59. The van der Waals surface area contributed by atoms with E-state index in [0.29, 0.717) is 26.3 Å². The Labute approximate surface area is 115 Å². The Kier molecular flexibility index (Phi) is 11.3. The SMILES string of the molecule is CCO[Si](CCCN=C=O)(CCCN=C=O)OCC. The Morgan fingerprint density at radius 2 is 1.32 bits per heavy atom. The van der Waals surface area contributed by atoms with E-state index in [2.05, 4.69) is 9.98 Å². The monoisotopic (exact) mass is 286 g/mol.